The average molecular weight is 360 g/mol. The van der Waals surface area contributed by atoms with Crippen LogP contribution in [0.5, 0.6) is 0 Å². The number of likely N-dealkylation sites (tertiary alicyclic amines) is 1. The van der Waals surface area contributed by atoms with Gasteiger partial charge in [0.1, 0.15) is 5.60 Å². The first-order valence-corrected chi connectivity index (χ1v) is 10.0. The number of amides is 1. The van der Waals surface area contributed by atoms with Crippen LogP contribution in [0, 0.1) is 0 Å². The molecule has 0 radical (unpaired) electrons. The van der Waals surface area contributed by atoms with Crippen molar-refractivity contribution in [2.24, 2.45) is 5.73 Å². The third-order valence-electron chi connectivity index (χ3n) is 5.83. The highest BCUT2D eigenvalue weighted by Gasteiger charge is 2.47. The molecule has 2 aliphatic rings. The lowest BCUT2D eigenvalue weighted by Crippen LogP contribution is -2.47. The topological polar surface area (TPSA) is 58.8 Å². The maximum Gasteiger partial charge on any atom is 0.410 e. The zero-order valence-corrected chi connectivity index (χ0v) is 16.2. The molecule has 0 bridgehead atoms. The highest BCUT2D eigenvalue weighted by atomic mass is 16.6. The van der Waals surface area contributed by atoms with Crippen LogP contribution in [0.3, 0.4) is 0 Å². The van der Waals surface area contributed by atoms with Gasteiger partial charge < -0.3 is 15.4 Å². The number of nitrogens with zero attached hydrogens (tertiary/aromatic N) is 2. The van der Waals surface area contributed by atoms with Crippen LogP contribution in [0.1, 0.15) is 50.7 Å². The highest BCUT2D eigenvalue weighted by molar-refractivity contribution is 5.71. The molecule has 3 rings (SSSR count). The van der Waals surface area contributed by atoms with Crippen LogP contribution in [-0.2, 0) is 17.7 Å². The van der Waals surface area contributed by atoms with Crippen molar-refractivity contribution in [3.05, 3.63) is 35.4 Å². The predicted molar refractivity (Wildman–Crippen MR) is 104 cm³/mol. The molecule has 2 N–H and O–H groups in total. The van der Waals surface area contributed by atoms with Crippen LogP contribution in [0.25, 0.3) is 0 Å². The molecule has 5 heteroatoms. The van der Waals surface area contributed by atoms with E-state index < -0.39 is 0 Å². The van der Waals surface area contributed by atoms with Crippen molar-refractivity contribution in [2.45, 2.75) is 64.1 Å². The quantitative estimate of drug-likeness (QED) is 0.812. The second-order valence-electron chi connectivity index (χ2n) is 7.95. The third-order valence-corrected chi connectivity index (χ3v) is 5.83. The molecule has 1 aromatic rings. The SMILES string of the molecule is CCCC(C)N1CC2(CCN(Cc3cccc(CCN)c3)CC2)OC1=O. The molecular weight excluding hydrogens is 326 g/mol. The molecule has 1 amide bonds. The van der Waals surface area contributed by atoms with Crippen molar-refractivity contribution < 1.29 is 9.53 Å². The van der Waals surface area contributed by atoms with E-state index >= 15 is 0 Å². The van der Waals surface area contributed by atoms with Crippen molar-refractivity contribution in [3.63, 3.8) is 0 Å². The largest absolute Gasteiger partial charge is 0.441 e. The van der Waals surface area contributed by atoms with Crippen LogP contribution < -0.4 is 5.73 Å². The lowest BCUT2D eigenvalue weighted by molar-refractivity contribution is -0.00132. The zero-order chi connectivity index (χ0) is 18.6. The standard InChI is InChI=1S/C21H33N3O2/c1-3-5-17(2)24-16-21(26-20(24)25)9-12-23(13-10-21)15-19-7-4-6-18(14-19)8-11-22/h4,6-7,14,17H,3,5,8-13,15-16,22H2,1-2H3. The van der Waals surface area contributed by atoms with E-state index in [0.717, 1.165) is 58.3 Å². The number of rotatable bonds is 7. The minimum Gasteiger partial charge on any atom is -0.441 e. The summed E-state index contributed by atoms with van der Waals surface area (Å²) in [6.45, 7) is 8.65. The van der Waals surface area contributed by atoms with Gasteiger partial charge in [0.25, 0.3) is 0 Å². The molecule has 0 saturated carbocycles. The molecule has 1 aromatic carbocycles. The fraction of sp³-hybridized carbons (Fsp3) is 0.667. The molecule has 26 heavy (non-hydrogen) atoms. The van der Waals surface area contributed by atoms with Crippen molar-refractivity contribution in [2.75, 3.05) is 26.2 Å². The Hall–Kier alpha value is -1.59. The van der Waals surface area contributed by atoms with Crippen molar-refractivity contribution in [3.8, 4) is 0 Å². The van der Waals surface area contributed by atoms with Gasteiger partial charge in [0.05, 0.1) is 6.54 Å². The summed E-state index contributed by atoms with van der Waals surface area (Å²) in [7, 11) is 0. The summed E-state index contributed by atoms with van der Waals surface area (Å²) in [6, 6.07) is 8.99. The van der Waals surface area contributed by atoms with Crippen LogP contribution in [0.15, 0.2) is 24.3 Å². The highest BCUT2D eigenvalue weighted by Crippen LogP contribution is 2.35. The summed E-state index contributed by atoms with van der Waals surface area (Å²) in [6.07, 6.45) is 4.80. The Balaban J connectivity index is 1.54. The van der Waals surface area contributed by atoms with Gasteiger partial charge in [0.2, 0.25) is 0 Å². The Morgan fingerprint density at radius 3 is 2.69 bits per heavy atom. The zero-order valence-electron chi connectivity index (χ0n) is 16.2. The average Bonchev–Trinajstić information content (AvgIpc) is 2.94. The van der Waals surface area contributed by atoms with Crippen molar-refractivity contribution >= 4 is 6.09 Å². The second-order valence-corrected chi connectivity index (χ2v) is 7.95. The van der Waals surface area contributed by atoms with Gasteiger partial charge in [-0.2, -0.15) is 0 Å². The minimum atomic E-state index is -0.267. The summed E-state index contributed by atoms with van der Waals surface area (Å²) < 4.78 is 5.87. The predicted octanol–water partition coefficient (Wildman–Crippen LogP) is 3.16. The van der Waals surface area contributed by atoms with Crippen LogP contribution in [0.4, 0.5) is 4.79 Å². The Bertz CT molecular complexity index is 611. The first-order chi connectivity index (χ1) is 12.5. The van der Waals surface area contributed by atoms with E-state index in [9.17, 15) is 4.79 Å². The lowest BCUT2D eigenvalue weighted by atomic mass is 9.90. The molecule has 2 saturated heterocycles. The molecule has 2 fully saturated rings. The summed E-state index contributed by atoms with van der Waals surface area (Å²) in [5.74, 6) is 0. The van der Waals surface area contributed by atoms with Crippen LogP contribution in [-0.4, -0.2) is 53.7 Å². The third kappa shape index (κ3) is 4.38. The van der Waals surface area contributed by atoms with Gasteiger partial charge in [-0.3, -0.25) is 4.90 Å². The number of benzene rings is 1. The van der Waals surface area contributed by atoms with Gasteiger partial charge in [-0.25, -0.2) is 4.79 Å². The molecule has 144 valence electrons. The minimum absolute atomic E-state index is 0.117. The van der Waals surface area contributed by atoms with Gasteiger partial charge in [0, 0.05) is 38.5 Å². The van der Waals surface area contributed by atoms with Crippen molar-refractivity contribution in [1.29, 1.82) is 0 Å². The summed E-state index contributed by atoms with van der Waals surface area (Å²) in [5, 5.41) is 0. The number of carbonyl (C=O) groups is 1. The molecule has 5 nitrogen and oxygen atoms in total. The molecule has 1 atom stereocenters. The normalized spacial score (nSPS) is 21.2. The number of piperidine rings is 1. The fourth-order valence-electron chi connectivity index (χ4n) is 4.25. The van der Waals surface area contributed by atoms with E-state index in [2.05, 4.69) is 43.0 Å². The van der Waals surface area contributed by atoms with Gasteiger partial charge in [0.15, 0.2) is 0 Å². The molecule has 0 aliphatic carbocycles. The fourth-order valence-corrected chi connectivity index (χ4v) is 4.25. The van der Waals surface area contributed by atoms with E-state index in [1.807, 2.05) is 4.90 Å². The van der Waals surface area contributed by atoms with E-state index in [1.54, 1.807) is 0 Å². The maximum atomic E-state index is 12.3. The molecule has 1 unspecified atom stereocenters. The van der Waals surface area contributed by atoms with E-state index in [1.165, 1.54) is 11.1 Å². The summed E-state index contributed by atoms with van der Waals surface area (Å²) in [4.78, 5) is 16.7. The Labute approximate surface area is 157 Å². The number of carbonyl (C=O) groups excluding carboxylic acids is 1. The number of hydrogen-bond acceptors (Lipinski definition) is 4. The van der Waals surface area contributed by atoms with Gasteiger partial charge in [-0.05, 0) is 37.4 Å². The molecule has 1 spiro atoms. The Morgan fingerprint density at radius 2 is 2.00 bits per heavy atom. The molecule has 2 heterocycles. The molecule has 0 aromatic heterocycles. The summed E-state index contributed by atoms with van der Waals surface area (Å²) >= 11 is 0. The monoisotopic (exact) mass is 359 g/mol. The molecule has 2 aliphatic heterocycles. The van der Waals surface area contributed by atoms with E-state index in [4.69, 9.17) is 10.5 Å². The second kappa shape index (κ2) is 8.40. The van der Waals surface area contributed by atoms with Gasteiger partial charge in [-0.1, -0.05) is 37.6 Å². The Morgan fingerprint density at radius 1 is 1.27 bits per heavy atom. The first kappa shape index (κ1) is 19.2. The number of nitrogens with two attached hydrogens (primary N) is 1. The van der Waals surface area contributed by atoms with Crippen LogP contribution >= 0.6 is 0 Å². The smallest absolute Gasteiger partial charge is 0.410 e. The number of hydrogen-bond donors (Lipinski definition) is 1. The van der Waals surface area contributed by atoms with Gasteiger partial charge in [-0.15, -0.1) is 0 Å². The lowest BCUT2D eigenvalue weighted by Gasteiger charge is -2.37. The Kier molecular flexibility index (Phi) is 6.20. The summed E-state index contributed by atoms with van der Waals surface area (Å²) in [5.41, 5.74) is 8.05. The maximum absolute atomic E-state index is 12.3. The first-order valence-electron chi connectivity index (χ1n) is 10.0. The molecular formula is C21H33N3O2. The van der Waals surface area contributed by atoms with Gasteiger partial charge >= 0.3 is 6.09 Å². The number of ether oxygens (including phenoxy) is 1. The van der Waals surface area contributed by atoms with Crippen LogP contribution in [0.2, 0.25) is 0 Å². The van der Waals surface area contributed by atoms with Crippen molar-refractivity contribution in [1.82, 2.24) is 9.80 Å². The van der Waals surface area contributed by atoms with E-state index in [0.29, 0.717) is 6.54 Å². The van der Waals surface area contributed by atoms with E-state index in [-0.39, 0.29) is 17.7 Å².